The Kier molecular flexibility index (Phi) is 3.18. The molecule has 2 aromatic rings. The van der Waals surface area contributed by atoms with Crippen LogP contribution in [0.3, 0.4) is 0 Å². The molecule has 0 amide bonds. The van der Waals surface area contributed by atoms with Gasteiger partial charge in [-0.3, -0.25) is 0 Å². The van der Waals surface area contributed by atoms with Crippen LogP contribution in [0.25, 0.3) is 5.65 Å². The number of nitrogens with zero attached hydrogens (tertiary/aromatic N) is 5. The summed E-state index contributed by atoms with van der Waals surface area (Å²) in [7, 11) is 0. The predicted octanol–water partition coefficient (Wildman–Crippen LogP) is 1.45. The van der Waals surface area contributed by atoms with E-state index in [-0.39, 0.29) is 5.41 Å². The zero-order chi connectivity index (χ0) is 13.5. The third kappa shape index (κ3) is 2.21. The van der Waals surface area contributed by atoms with Crippen molar-refractivity contribution in [2.75, 3.05) is 24.5 Å². The molecule has 0 radical (unpaired) electrons. The van der Waals surface area contributed by atoms with Gasteiger partial charge < -0.3 is 10.6 Å². The van der Waals surface area contributed by atoms with Crippen LogP contribution in [0.1, 0.15) is 19.8 Å². The lowest BCUT2D eigenvalue weighted by Crippen LogP contribution is -2.43. The second-order valence-electron chi connectivity index (χ2n) is 5.43. The molecule has 0 atom stereocenters. The van der Waals surface area contributed by atoms with Crippen LogP contribution in [-0.4, -0.2) is 39.2 Å². The number of fused-ring (bicyclic) bond motifs is 1. The number of piperidine rings is 1. The summed E-state index contributed by atoms with van der Waals surface area (Å²) >= 11 is 3.44. The first kappa shape index (κ1) is 12.8. The van der Waals surface area contributed by atoms with Crippen molar-refractivity contribution in [1.82, 2.24) is 19.6 Å². The maximum atomic E-state index is 5.85. The highest BCUT2D eigenvalue weighted by Crippen LogP contribution is 2.31. The standard InChI is InChI=1S/C12H17BrN6/c1-12(7-14)2-4-18(5-3-12)11-15-6-9(13)10-17-16-8-19(10)11/h6,8H,2-5,7,14H2,1H3. The predicted molar refractivity (Wildman–Crippen MR) is 77.1 cm³/mol. The molecule has 1 aliphatic heterocycles. The summed E-state index contributed by atoms with van der Waals surface area (Å²) < 4.78 is 2.78. The van der Waals surface area contributed by atoms with Crippen molar-refractivity contribution in [2.24, 2.45) is 11.1 Å². The smallest absolute Gasteiger partial charge is 0.212 e. The highest BCUT2D eigenvalue weighted by Gasteiger charge is 2.30. The molecular formula is C12H17BrN6. The number of nitrogens with two attached hydrogens (primary N) is 1. The summed E-state index contributed by atoms with van der Waals surface area (Å²) in [6.45, 7) is 4.94. The molecule has 0 unspecified atom stereocenters. The molecule has 102 valence electrons. The van der Waals surface area contributed by atoms with Crippen molar-refractivity contribution in [2.45, 2.75) is 19.8 Å². The number of hydrogen-bond donors (Lipinski definition) is 1. The lowest BCUT2D eigenvalue weighted by molar-refractivity contribution is 0.257. The summed E-state index contributed by atoms with van der Waals surface area (Å²) in [5.74, 6) is 0.905. The molecule has 0 aromatic carbocycles. The van der Waals surface area contributed by atoms with E-state index < -0.39 is 0 Å². The number of aromatic nitrogens is 4. The van der Waals surface area contributed by atoms with E-state index in [1.807, 2.05) is 4.40 Å². The molecule has 1 saturated heterocycles. The molecule has 3 heterocycles. The van der Waals surface area contributed by atoms with E-state index in [2.05, 4.69) is 42.9 Å². The largest absolute Gasteiger partial charge is 0.342 e. The topological polar surface area (TPSA) is 72.3 Å². The second-order valence-corrected chi connectivity index (χ2v) is 6.29. The number of anilines is 1. The first-order valence-corrected chi connectivity index (χ1v) is 7.21. The lowest BCUT2D eigenvalue weighted by atomic mass is 9.81. The Bertz CT molecular complexity index is 587. The highest BCUT2D eigenvalue weighted by atomic mass is 79.9. The number of hydrogen-bond acceptors (Lipinski definition) is 5. The second kappa shape index (κ2) is 4.72. The minimum Gasteiger partial charge on any atom is -0.342 e. The summed E-state index contributed by atoms with van der Waals surface area (Å²) in [4.78, 5) is 6.78. The highest BCUT2D eigenvalue weighted by molar-refractivity contribution is 9.10. The van der Waals surface area contributed by atoms with Crippen molar-refractivity contribution in [3.8, 4) is 0 Å². The summed E-state index contributed by atoms with van der Waals surface area (Å²) in [6.07, 6.45) is 5.67. The van der Waals surface area contributed by atoms with E-state index in [1.165, 1.54) is 0 Å². The maximum Gasteiger partial charge on any atom is 0.212 e. The van der Waals surface area contributed by atoms with Crippen LogP contribution >= 0.6 is 15.9 Å². The molecule has 6 nitrogen and oxygen atoms in total. The van der Waals surface area contributed by atoms with Crippen molar-refractivity contribution in [1.29, 1.82) is 0 Å². The van der Waals surface area contributed by atoms with Gasteiger partial charge in [0, 0.05) is 19.3 Å². The normalized spacial score (nSPS) is 19.0. The number of rotatable bonds is 2. The quantitative estimate of drug-likeness (QED) is 0.905. The van der Waals surface area contributed by atoms with Crippen LogP contribution in [0.15, 0.2) is 17.0 Å². The first-order valence-electron chi connectivity index (χ1n) is 6.42. The molecular weight excluding hydrogens is 308 g/mol. The molecule has 2 N–H and O–H groups in total. The Morgan fingerprint density at radius 1 is 1.42 bits per heavy atom. The summed E-state index contributed by atoms with van der Waals surface area (Å²) in [6, 6.07) is 0. The molecule has 19 heavy (non-hydrogen) atoms. The van der Waals surface area contributed by atoms with E-state index in [9.17, 15) is 0 Å². The molecule has 7 heteroatoms. The van der Waals surface area contributed by atoms with Gasteiger partial charge in [0.2, 0.25) is 5.95 Å². The van der Waals surface area contributed by atoms with Gasteiger partial charge in [-0.1, -0.05) is 6.92 Å². The fraction of sp³-hybridized carbons (Fsp3) is 0.583. The first-order chi connectivity index (χ1) is 9.13. The van der Waals surface area contributed by atoms with E-state index in [4.69, 9.17) is 5.73 Å². The Labute approximate surface area is 120 Å². The molecule has 0 spiro atoms. The van der Waals surface area contributed by atoms with Crippen molar-refractivity contribution in [3.63, 3.8) is 0 Å². The molecule has 0 saturated carbocycles. The van der Waals surface area contributed by atoms with Crippen LogP contribution in [-0.2, 0) is 0 Å². The van der Waals surface area contributed by atoms with Crippen LogP contribution in [0.2, 0.25) is 0 Å². The molecule has 2 aromatic heterocycles. The van der Waals surface area contributed by atoms with Crippen LogP contribution in [0.4, 0.5) is 5.95 Å². The average Bonchev–Trinajstić information content (AvgIpc) is 2.91. The molecule has 3 rings (SSSR count). The molecule has 1 fully saturated rings. The van der Waals surface area contributed by atoms with Gasteiger partial charge in [0.1, 0.15) is 6.33 Å². The van der Waals surface area contributed by atoms with Gasteiger partial charge in [0.15, 0.2) is 5.65 Å². The fourth-order valence-corrected chi connectivity index (χ4v) is 2.84. The van der Waals surface area contributed by atoms with E-state index in [0.29, 0.717) is 0 Å². The van der Waals surface area contributed by atoms with E-state index in [1.54, 1.807) is 12.5 Å². The minimum absolute atomic E-state index is 0.262. The zero-order valence-corrected chi connectivity index (χ0v) is 12.5. The van der Waals surface area contributed by atoms with Crippen LogP contribution in [0, 0.1) is 5.41 Å². The van der Waals surface area contributed by atoms with Crippen molar-refractivity contribution < 1.29 is 0 Å². The van der Waals surface area contributed by atoms with Crippen molar-refractivity contribution in [3.05, 3.63) is 17.0 Å². The molecule has 1 aliphatic rings. The van der Waals surface area contributed by atoms with Gasteiger partial charge >= 0.3 is 0 Å². The van der Waals surface area contributed by atoms with Gasteiger partial charge in [-0.15, -0.1) is 10.2 Å². The van der Waals surface area contributed by atoms with Gasteiger partial charge in [0.25, 0.3) is 0 Å². The van der Waals surface area contributed by atoms with E-state index in [0.717, 1.165) is 48.5 Å². The Hall–Kier alpha value is -1.21. The van der Waals surface area contributed by atoms with Gasteiger partial charge in [-0.25, -0.2) is 9.38 Å². The monoisotopic (exact) mass is 324 g/mol. The van der Waals surface area contributed by atoms with Gasteiger partial charge in [-0.05, 0) is 40.7 Å². The molecule has 0 bridgehead atoms. The third-order valence-electron chi connectivity index (χ3n) is 4.02. The molecule has 0 aliphatic carbocycles. The lowest BCUT2D eigenvalue weighted by Gasteiger charge is -2.39. The third-order valence-corrected chi connectivity index (χ3v) is 4.58. The zero-order valence-electron chi connectivity index (χ0n) is 10.9. The summed E-state index contributed by atoms with van der Waals surface area (Å²) in [5.41, 5.74) is 6.91. The van der Waals surface area contributed by atoms with Gasteiger partial charge in [0.05, 0.1) is 4.47 Å². The fourth-order valence-electron chi connectivity index (χ4n) is 2.46. The van der Waals surface area contributed by atoms with Crippen LogP contribution in [0.5, 0.6) is 0 Å². The Balaban J connectivity index is 1.90. The maximum absolute atomic E-state index is 5.85. The Morgan fingerprint density at radius 2 is 2.16 bits per heavy atom. The van der Waals surface area contributed by atoms with Crippen molar-refractivity contribution >= 4 is 27.5 Å². The van der Waals surface area contributed by atoms with E-state index >= 15 is 0 Å². The SMILES string of the molecule is CC1(CN)CCN(c2ncc(Br)c3nncn23)CC1. The van der Waals surface area contributed by atoms with Crippen LogP contribution < -0.4 is 10.6 Å². The Morgan fingerprint density at radius 3 is 2.84 bits per heavy atom. The summed E-state index contributed by atoms with van der Waals surface area (Å²) in [5, 5.41) is 8.06. The van der Waals surface area contributed by atoms with Gasteiger partial charge in [-0.2, -0.15) is 0 Å². The average molecular weight is 325 g/mol. The minimum atomic E-state index is 0.262. The number of halogens is 1.